The average Bonchev–Trinajstić information content (AvgIpc) is 2.83. The molecule has 0 amide bonds. The summed E-state index contributed by atoms with van der Waals surface area (Å²) in [5.74, 6) is 0.378. The lowest BCUT2D eigenvalue weighted by molar-refractivity contribution is -0.141. The van der Waals surface area contributed by atoms with Gasteiger partial charge < -0.3 is 37.9 Å². The van der Waals surface area contributed by atoms with Crippen molar-refractivity contribution in [1.29, 1.82) is 0 Å². The van der Waals surface area contributed by atoms with Gasteiger partial charge in [0.05, 0.1) is 39.6 Å². The van der Waals surface area contributed by atoms with Crippen LogP contribution in [0.2, 0.25) is 0 Å². The van der Waals surface area contributed by atoms with E-state index in [0.29, 0.717) is 49.1 Å². The molecule has 202 valence electrons. The van der Waals surface area contributed by atoms with Gasteiger partial charge >= 0.3 is 11.9 Å². The number of carbonyl (C=O) groups excluding carboxylic acids is 2. The third-order valence-corrected chi connectivity index (χ3v) is 4.21. The summed E-state index contributed by atoms with van der Waals surface area (Å²) in [5.41, 5.74) is 0.705. The first kappa shape index (κ1) is 31.1. The van der Waals surface area contributed by atoms with Crippen molar-refractivity contribution in [1.82, 2.24) is 0 Å². The third kappa shape index (κ3) is 15.2. The van der Waals surface area contributed by atoms with Gasteiger partial charge in [0, 0.05) is 11.1 Å². The number of benzene rings is 1. The smallest absolute Gasteiger partial charge is 0.333 e. The summed E-state index contributed by atoms with van der Waals surface area (Å²) in [6.07, 6.45) is -0.957. The molecule has 0 spiro atoms. The van der Waals surface area contributed by atoms with Crippen LogP contribution in [0.3, 0.4) is 0 Å². The van der Waals surface area contributed by atoms with Gasteiger partial charge in [-0.2, -0.15) is 0 Å². The van der Waals surface area contributed by atoms with Crippen molar-refractivity contribution in [2.24, 2.45) is 0 Å². The summed E-state index contributed by atoms with van der Waals surface area (Å²) in [6, 6.07) is 7.07. The third-order valence-electron chi connectivity index (χ3n) is 4.21. The molecule has 10 nitrogen and oxygen atoms in total. The van der Waals surface area contributed by atoms with Gasteiger partial charge in [-0.1, -0.05) is 13.2 Å². The van der Waals surface area contributed by atoms with Crippen molar-refractivity contribution >= 4 is 11.9 Å². The van der Waals surface area contributed by atoms with E-state index in [4.69, 9.17) is 37.9 Å². The van der Waals surface area contributed by atoms with E-state index in [-0.39, 0.29) is 26.4 Å². The summed E-state index contributed by atoms with van der Waals surface area (Å²) in [7, 11) is 0. The van der Waals surface area contributed by atoms with Crippen LogP contribution < -0.4 is 9.47 Å². The molecule has 0 bridgehead atoms. The Bertz CT molecular complexity index is 738. The van der Waals surface area contributed by atoms with Gasteiger partial charge in [-0.25, -0.2) is 9.59 Å². The van der Waals surface area contributed by atoms with E-state index >= 15 is 0 Å². The van der Waals surface area contributed by atoms with E-state index < -0.39 is 24.5 Å². The Morgan fingerprint density at radius 1 is 0.639 bits per heavy atom. The van der Waals surface area contributed by atoms with E-state index in [1.54, 1.807) is 52.0 Å². The van der Waals surface area contributed by atoms with Crippen molar-refractivity contribution in [2.75, 3.05) is 52.9 Å². The highest BCUT2D eigenvalue weighted by Gasteiger charge is 2.08. The molecule has 0 aliphatic rings. The zero-order valence-electron chi connectivity index (χ0n) is 21.6. The molecule has 0 heterocycles. The topological polar surface area (TPSA) is 108 Å². The molecule has 0 aromatic heterocycles. The zero-order chi connectivity index (χ0) is 26.8. The molecule has 1 aromatic carbocycles. The van der Waals surface area contributed by atoms with Gasteiger partial charge in [-0.3, -0.25) is 0 Å². The number of rotatable bonds is 20. The molecule has 2 atom stereocenters. The first-order valence-electron chi connectivity index (χ1n) is 11.7. The lowest BCUT2D eigenvalue weighted by Gasteiger charge is -2.17. The van der Waals surface area contributed by atoms with Gasteiger partial charge in [0.25, 0.3) is 0 Å². The van der Waals surface area contributed by atoms with E-state index in [9.17, 15) is 9.59 Å². The normalized spacial score (nSPS) is 12.3. The van der Waals surface area contributed by atoms with Crippen molar-refractivity contribution in [3.63, 3.8) is 0 Å². The molecular weight excluding hydrogens is 472 g/mol. The van der Waals surface area contributed by atoms with Crippen LogP contribution in [0.4, 0.5) is 0 Å². The molecule has 10 heteroatoms. The Labute approximate surface area is 213 Å². The highest BCUT2D eigenvalue weighted by atomic mass is 16.7. The summed E-state index contributed by atoms with van der Waals surface area (Å²) in [6.45, 7) is 16.0. The Hall–Kier alpha value is -2.92. The van der Waals surface area contributed by atoms with Gasteiger partial charge in [-0.15, -0.1) is 0 Å². The molecule has 0 radical (unpaired) electrons. The summed E-state index contributed by atoms with van der Waals surface area (Å²) in [4.78, 5) is 22.5. The molecule has 1 aromatic rings. The molecule has 2 unspecified atom stereocenters. The summed E-state index contributed by atoms with van der Waals surface area (Å²) >= 11 is 0. The number of carbonyl (C=O) groups is 2. The van der Waals surface area contributed by atoms with E-state index in [0.717, 1.165) is 0 Å². The van der Waals surface area contributed by atoms with Crippen molar-refractivity contribution in [3.05, 3.63) is 48.6 Å². The monoisotopic (exact) mass is 510 g/mol. The Morgan fingerprint density at radius 2 is 0.972 bits per heavy atom. The molecule has 0 saturated heterocycles. The predicted octanol–water partition coefficient (Wildman–Crippen LogP) is 3.44. The summed E-state index contributed by atoms with van der Waals surface area (Å²) < 4.78 is 43.0. The Balaban J connectivity index is 2.11. The minimum Gasteiger partial charge on any atom is -0.465 e. The average molecular weight is 511 g/mol. The number of ether oxygens (including phenoxy) is 8. The fraction of sp³-hybridized carbons (Fsp3) is 0.538. The minimum atomic E-state index is -0.479. The van der Waals surface area contributed by atoms with Crippen LogP contribution in [0, 0.1) is 0 Å². The largest absolute Gasteiger partial charge is 0.465 e. The second kappa shape index (κ2) is 18.4. The molecule has 36 heavy (non-hydrogen) atoms. The van der Waals surface area contributed by atoms with Crippen LogP contribution in [0.5, 0.6) is 11.5 Å². The van der Waals surface area contributed by atoms with Crippen LogP contribution in [0.25, 0.3) is 0 Å². The first-order chi connectivity index (χ1) is 17.2. The molecular formula is C26H38O10. The fourth-order valence-electron chi connectivity index (χ4n) is 2.43. The van der Waals surface area contributed by atoms with E-state index in [2.05, 4.69) is 13.2 Å². The highest BCUT2D eigenvalue weighted by molar-refractivity contribution is 5.87. The summed E-state index contributed by atoms with van der Waals surface area (Å²) in [5, 5.41) is 0. The second-order valence-corrected chi connectivity index (χ2v) is 7.64. The molecule has 0 fully saturated rings. The SMILES string of the molecule is C=C(C)C(=O)OCCOCCOC(C)Oc1ccc(OC(C)OCCOCCOC(=O)C(=C)C)cc1. The van der Waals surface area contributed by atoms with E-state index in [1.807, 2.05) is 0 Å². The standard InChI is InChI=1S/C26H38O10/c1-19(2)25(27)33-17-13-29-11-15-31-21(5)35-23-7-9-24(10-8-23)36-22(6)32-16-12-30-14-18-34-26(28)20(3)4/h7-10,21-22H,1,3,11-18H2,2,4-6H3. The zero-order valence-corrected chi connectivity index (χ0v) is 21.6. The highest BCUT2D eigenvalue weighted by Crippen LogP contribution is 2.20. The lowest BCUT2D eigenvalue weighted by atomic mass is 10.3. The molecule has 1 rings (SSSR count). The van der Waals surface area contributed by atoms with Crippen LogP contribution in [0.15, 0.2) is 48.6 Å². The minimum absolute atomic E-state index is 0.165. The van der Waals surface area contributed by atoms with Gasteiger partial charge in [0.2, 0.25) is 0 Å². The van der Waals surface area contributed by atoms with Gasteiger partial charge in [-0.05, 0) is 52.0 Å². The maximum atomic E-state index is 11.2. The van der Waals surface area contributed by atoms with Gasteiger partial charge in [0.1, 0.15) is 24.7 Å². The van der Waals surface area contributed by atoms with Gasteiger partial charge in [0.15, 0.2) is 12.6 Å². The molecule has 0 N–H and O–H groups in total. The molecule has 0 aliphatic heterocycles. The Morgan fingerprint density at radius 3 is 1.31 bits per heavy atom. The van der Waals surface area contributed by atoms with Crippen molar-refractivity contribution < 1.29 is 47.5 Å². The quantitative estimate of drug-likeness (QED) is 0.112. The predicted molar refractivity (Wildman–Crippen MR) is 132 cm³/mol. The molecule has 0 saturated carbocycles. The van der Waals surface area contributed by atoms with Crippen LogP contribution in [-0.2, 0) is 38.0 Å². The number of hydrogen-bond donors (Lipinski definition) is 0. The fourth-order valence-corrected chi connectivity index (χ4v) is 2.43. The van der Waals surface area contributed by atoms with Crippen LogP contribution >= 0.6 is 0 Å². The van der Waals surface area contributed by atoms with E-state index in [1.165, 1.54) is 0 Å². The van der Waals surface area contributed by atoms with Crippen molar-refractivity contribution in [2.45, 2.75) is 40.3 Å². The lowest BCUT2D eigenvalue weighted by Crippen LogP contribution is -2.20. The Kier molecular flexibility index (Phi) is 15.9. The van der Waals surface area contributed by atoms with Crippen LogP contribution in [-0.4, -0.2) is 77.4 Å². The molecule has 0 aliphatic carbocycles. The maximum Gasteiger partial charge on any atom is 0.333 e. The van der Waals surface area contributed by atoms with Crippen molar-refractivity contribution in [3.8, 4) is 11.5 Å². The second-order valence-electron chi connectivity index (χ2n) is 7.64. The maximum absolute atomic E-state index is 11.2. The number of esters is 2. The first-order valence-corrected chi connectivity index (χ1v) is 11.7. The number of hydrogen-bond acceptors (Lipinski definition) is 10. The van der Waals surface area contributed by atoms with Crippen LogP contribution in [0.1, 0.15) is 27.7 Å².